The van der Waals surface area contributed by atoms with Gasteiger partial charge >= 0.3 is 0 Å². The molecule has 72 valence electrons. The first kappa shape index (κ1) is 10.3. The molecule has 0 amide bonds. The molecule has 3 nitrogen and oxygen atoms in total. The lowest BCUT2D eigenvalue weighted by Crippen LogP contribution is -2.17. The van der Waals surface area contributed by atoms with E-state index in [1.165, 1.54) is 0 Å². The zero-order valence-corrected chi connectivity index (χ0v) is 8.07. The van der Waals surface area contributed by atoms with Crippen LogP contribution in [-0.2, 0) is 6.54 Å². The van der Waals surface area contributed by atoms with Crippen LogP contribution in [0, 0.1) is 0 Å². The van der Waals surface area contributed by atoms with E-state index in [9.17, 15) is 13.6 Å². The van der Waals surface area contributed by atoms with Gasteiger partial charge in [0.05, 0.1) is 0 Å². The van der Waals surface area contributed by atoms with Crippen LogP contribution in [0.4, 0.5) is 8.78 Å². The van der Waals surface area contributed by atoms with Crippen LogP contribution in [0.5, 0.6) is 0 Å². The largest absolute Gasteiger partial charge is 0.328 e. The third-order valence-electron chi connectivity index (χ3n) is 1.59. The van der Waals surface area contributed by atoms with Crippen LogP contribution in [0.3, 0.4) is 0 Å². The Morgan fingerprint density at radius 1 is 1.62 bits per heavy atom. The van der Waals surface area contributed by atoms with Crippen molar-refractivity contribution in [3.63, 3.8) is 0 Å². The van der Waals surface area contributed by atoms with Gasteiger partial charge in [0.15, 0.2) is 0 Å². The molecule has 0 unspecified atom stereocenters. The number of pyridine rings is 1. The third kappa shape index (κ3) is 1.94. The van der Waals surface area contributed by atoms with Crippen molar-refractivity contribution in [1.29, 1.82) is 0 Å². The maximum absolute atomic E-state index is 12.3. The van der Waals surface area contributed by atoms with E-state index in [1.807, 2.05) is 0 Å². The van der Waals surface area contributed by atoms with Gasteiger partial charge in [-0.05, 0) is 15.9 Å². The number of nitrogens with two attached hydrogens (primary N) is 1. The van der Waals surface area contributed by atoms with Gasteiger partial charge in [0.25, 0.3) is 12.0 Å². The fraction of sp³-hybridized carbons (Fsp3) is 0.286. The minimum Gasteiger partial charge on any atom is -0.328 e. The fourth-order valence-electron chi connectivity index (χ4n) is 0.909. The number of alkyl halides is 2. The highest BCUT2D eigenvalue weighted by molar-refractivity contribution is 9.10. The molecule has 0 saturated carbocycles. The van der Waals surface area contributed by atoms with Crippen molar-refractivity contribution in [3.05, 3.63) is 32.2 Å². The van der Waals surface area contributed by atoms with E-state index in [0.29, 0.717) is 0 Å². The van der Waals surface area contributed by atoms with Crippen molar-refractivity contribution in [3.8, 4) is 0 Å². The average molecular weight is 253 g/mol. The molecule has 0 aliphatic carbocycles. The Hall–Kier alpha value is -0.750. The molecule has 0 bridgehead atoms. The first-order valence-corrected chi connectivity index (χ1v) is 4.25. The SMILES string of the molecule is NCc1c(Br)c(C(F)F)c[nH]c1=O. The van der Waals surface area contributed by atoms with Crippen LogP contribution in [0.2, 0.25) is 0 Å². The molecule has 0 aliphatic rings. The Bertz CT molecular complexity index is 364. The molecule has 1 rings (SSSR count). The summed E-state index contributed by atoms with van der Waals surface area (Å²) in [6, 6.07) is 0. The van der Waals surface area contributed by atoms with Crippen molar-refractivity contribution >= 4 is 15.9 Å². The van der Waals surface area contributed by atoms with E-state index >= 15 is 0 Å². The van der Waals surface area contributed by atoms with Crippen molar-refractivity contribution in [2.75, 3.05) is 0 Å². The van der Waals surface area contributed by atoms with Gasteiger partial charge < -0.3 is 10.7 Å². The summed E-state index contributed by atoms with van der Waals surface area (Å²) in [5, 5.41) is 0. The van der Waals surface area contributed by atoms with Crippen molar-refractivity contribution < 1.29 is 8.78 Å². The van der Waals surface area contributed by atoms with Gasteiger partial charge in [-0.1, -0.05) is 0 Å². The van der Waals surface area contributed by atoms with E-state index in [1.54, 1.807) is 0 Å². The standard InChI is InChI=1S/C7H7BrF2N2O/c8-5-3(1-11)7(13)12-2-4(5)6(9)10/h2,6H,1,11H2,(H,12,13). The summed E-state index contributed by atoms with van der Waals surface area (Å²) < 4.78 is 24.7. The van der Waals surface area contributed by atoms with Crippen molar-refractivity contribution in [2.24, 2.45) is 5.73 Å². The second-order valence-electron chi connectivity index (χ2n) is 2.37. The zero-order chi connectivity index (χ0) is 10.0. The second kappa shape index (κ2) is 3.97. The quantitative estimate of drug-likeness (QED) is 0.839. The van der Waals surface area contributed by atoms with Gasteiger partial charge in [-0.2, -0.15) is 0 Å². The molecule has 1 heterocycles. The van der Waals surface area contributed by atoms with E-state index < -0.39 is 12.0 Å². The van der Waals surface area contributed by atoms with E-state index in [-0.39, 0.29) is 22.1 Å². The number of aromatic amines is 1. The molecular formula is C7H7BrF2N2O. The lowest BCUT2D eigenvalue weighted by atomic mass is 10.2. The molecule has 1 aromatic rings. The monoisotopic (exact) mass is 252 g/mol. The molecule has 0 aromatic carbocycles. The van der Waals surface area contributed by atoms with Gasteiger partial charge in [-0.3, -0.25) is 4.79 Å². The fourth-order valence-corrected chi connectivity index (χ4v) is 1.54. The maximum atomic E-state index is 12.3. The van der Waals surface area contributed by atoms with Gasteiger partial charge in [-0.15, -0.1) is 0 Å². The molecule has 0 atom stereocenters. The minimum atomic E-state index is -2.63. The Morgan fingerprint density at radius 2 is 2.23 bits per heavy atom. The van der Waals surface area contributed by atoms with E-state index in [2.05, 4.69) is 20.9 Å². The lowest BCUT2D eigenvalue weighted by Gasteiger charge is -2.05. The smallest absolute Gasteiger partial charge is 0.266 e. The van der Waals surface area contributed by atoms with Crippen LogP contribution >= 0.6 is 15.9 Å². The molecule has 0 aliphatic heterocycles. The van der Waals surface area contributed by atoms with Gasteiger partial charge in [0.1, 0.15) is 0 Å². The number of rotatable bonds is 2. The summed E-state index contributed by atoms with van der Waals surface area (Å²) >= 11 is 2.91. The number of nitrogens with one attached hydrogen (secondary N) is 1. The maximum Gasteiger partial charge on any atom is 0.266 e. The molecular weight excluding hydrogens is 246 g/mol. The zero-order valence-electron chi connectivity index (χ0n) is 6.48. The first-order valence-electron chi connectivity index (χ1n) is 3.46. The highest BCUT2D eigenvalue weighted by Crippen LogP contribution is 2.27. The number of H-pyrrole nitrogens is 1. The third-order valence-corrected chi connectivity index (χ3v) is 2.53. The first-order chi connectivity index (χ1) is 6.07. The second-order valence-corrected chi connectivity index (χ2v) is 3.16. The highest BCUT2D eigenvalue weighted by atomic mass is 79.9. The summed E-state index contributed by atoms with van der Waals surface area (Å²) in [4.78, 5) is 13.2. The Morgan fingerprint density at radius 3 is 2.69 bits per heavy atom. The van der Waals surface area contributed by atoms with Crippen LogP contribution in [0.15, 0.2) is 15.5 Å². The number of hydrogen-bond donors (Lipinski definition) is 2. The Balaban J connectivity index is 3.36. The van der Waals surface area contributed by atoms with Gasteiger partial charge in [-0.25, -0.2) is 8.78 Å². The van der Waals surface area contributed by atoms with Crippen LogP contribution in [0.1, 0.15) is 17.6 Å². The van der Waals surface area contributed by atoms with Crippen molar-refractivity contribution in [1.82, 2.24) is 4.98 Å². The Kier molecular flexibility index (Phi) is 3.16. The van der Waals surface area contributed by atoms with Crippen LogP contribution in [-0.4, -0.2) is 4.98 Å². The number of halogens is 3. The van der Waals surface area contributed by atoms with E-state index in [4.69, 9.17) is 5.73 Å². The molecule has 1 aromatic heterocycles. The molecule has 0 saturated heterocycles. The normalized spacial score (nSPS) is 10.8. The topological polar surface area (TPSA) is 58.9 Å². The minimum absolute atomic E-state index is 0.0729. The highest BCUT2D eigenvalue weighted by Gasteiger charge is 2.15. The molecule has 6 heteroatoms. The molecule has 0 spiro atoms. The van der Waals surface area contributed by atoms with E-state index in [0.717, 1.165) is 6.20 Å². The average Bonchev–Trinajstić information content (AvgIpc) is 2.04. The predicted octanol–water partition coefficient (Wildman–Crippen LogP) is 1.53. The van der Waals surface area contributed by atoms with Gasteiger partial charge in [0, 0.05) is 28.3 Å². The summed E-state index contributed by atoms with van der Waals surface area (Å²) in [7, 11) is 0. The Labute approximate surface area is 81.1 Å². The molecule has 0 fully saturated rings. The lowest BCUT2D eigenvalue weighted by molar-refractivity contribution is 0.150. The molecule has 13 heavy (non-hydrogen) atoms. The number of aromatic nitrogens is 1. The van der Waals surface area contributed by atoms with Crippen LogP contribution < -0.4 is 11.3 Å². The summed E-state index contributed by atoms with van der Waals surface area (Å²) in [6.45, 7) is -0.0729. The van der Waals surface area contributed by atoms with Gasteiger partial charge in [0.2, 0.25) is 0 Å². The molecule has 0 radical (unpaired) electrons. The van der Waals surface area contributed by atoms with Crippen LogP contribution in [0.25, 0.3) is 0 Å². The number of hydrogen-bond acceptors (Lipinski definition) is 2. The summed E-state index contributed by atoms with van der Waals surface area (Å²) in [5.41, 5.74) is 4.67. The molecule has 3 N–H and O–H groups in total. The summed E-state index contributed by atoms with van der Waals surface area (Å²) in [6.07, 6.45) is -1.65. The predicted molar refractivity (Wildman–Crippen MR) is 47.6 cm³/mol. The van der Waals surface area contributed by atoms with Crippen molar-refractivity contribution in [2.45, 2.75) is 13.0 Å². The summed E-state index contributed by atoms with van der Waals surface area (Å²) in [5.74, 6) is 0.